The molecule has 2 aromatic rings. The van der Waals surface area contributed by atoms with Crippen LogP contribution in [0.3, 0.4) is 0 Å². The van der Waals surface area contributed by atoms with Crippen LogP contribution in [0, 0.1) is 0 Å². The van der Waals surface area contributed by atoms with Gasteiger partial charge in [0.15, 0.2) is 5.82 Å². The first-order valence-corrected chi connectivity index (χ1v) is 5.53. The van der Waals surface area contributed by atoms with Gasteiger partial charge in [0.05, 0.1) is 6.04 Å². The Morgan fingerprint density at radius 1 is 1.06 bits per heavy atom. The van der Waals surface area contributed by atoms with E-state index in [0.717, 1.165) is 5.82 Å². The summed E-state index contributed by atoms with van der Waals surface area (Å²) in [6.07, 6.45) is 0. The SMILES string of the molecule is CC(C)c1nnnn1[C@H](C)c1ccccc1. The van der Waals surface area contributed by atoms with Crippen LogP contribution in [-0.4, -0.2) is 20.2 Å². The van der Waals surface area contributed by atoms with Crippen molar-refractivity contribution < 1.29 is 0 Å². The lowest BCUT2D eigenvalue weighted by atomic mass is 10.1. The molecule has 0 unspecified atom stereocenters. The third-order valence-electron chi connectivity index (χ3n) is 2.68. The smallest absolute Gasteiger partial charge is 0.154 e. The van der Waals surface area contributed by atoms with E-state index in [1.807, 2.05) is 22.9 Å². The summed E-state index contributed by atoms with van der Waals surface area (Å²) < 4.78 is 1.89. The van der Waals surface area contributed by atoms with Crippen molar-refractivity contribution in [3.05, 3.63) is 41.7 Å². The van der Waals surface area contributed by atoms with Gasteiger partial charge in [-0.1, -0.05) is 44.2 Å². The Bertz CT molecular complexity index is 447. The lowest BCUT2D eigenvalue weighted by Gasteiger charge is -2.14. The van der Waals surface area contributed by atoms with Gasteiger partial charge in [0.2, 0.25) is 0 Å². The van der Waals surface area contributed by atoms with Crippen LogP contribution in [0.15, 0.2) is 30.3 Å². The zero-order valence-corrected chi connectivity index (χ0v) is 9.83. The summed E-state index contributed by atoms with van der Waals surface area (Å²) in [6, 6.07) is 10.4. The minimum absolute atomic E-state index is 0.175. The predicted octanol–water partition coefficient (Wildman–Crippen LogP) is 2.41. The molecule has 0 fully saturated rings. The number of benzene rings is 1. The second kappa shape index (κ2) is 4.43. The van der Waals surface area contributed by atoms with Gasteiger partial charge in [0.1, 0.15) is 0 Å². The second-order valence-corrected chi connectivity index (χ2v) is 4.22. The highest BCUT2D eigenvalue weighted by Gasteiger charge is 2.16. The fraction of sp³-hybridized carbons (Fsp3) is 0.417. The van der Waals surface area contributed by atoms with Crippen LogP contribution >= 0.6 is 0 Å². The normalized spacial score (nSPS) is 13.0. The first-order chi connectivity index (χ1) is 7.70. The lowest BCUT2D eigenvalue weighted by Crippen LogP contribution is -2.13. The van der Waals surface area contributed by atoms with Crippen molar-refractivity contribution in [2.24, 2.45) is 0 Å². The Labute approximate surface area is 95.3 Å². The van der Waals surface area contributed by atoms with Gasteiger partial charge in [0, 0.05) is 5.92 Å². The first-order valence-electron chi connectivity index (χ1n) is 5.53. The third-order valence-corrected chi connectivity index (χ3v) is 2.68. The molecule has 0 bridgehead atoms. The van der Waals surface area contributed by atoms with Crippen LogP contribution in [0.25, 0.3) is 0 Å². The predicted molar refractivity (Wildman–Crippen MR) is 62.2 cm³/mol. The summed E-state index contributed by atoms with van der Waals surface area (Å²) in [4.78, 5) is 0. The van der Waals surface area contributed by atoms with E-state index in [1.54, 1.807) is 0 Å². The summed E-state index contributed by atoms with van der Waals surface area (Å²) in [6.45, 7) is 6.30. The zero-order valence-electron chi connectivity index (χ0n) is 9.83. The summed E-state index contributed by atoms with van der Waals surface area (Å²) in [5.41, 5.74) is 1.22. The van der Waals surface area contributed by atoms with Crippen LogP contribution in [-0.2, 0) is 0 Å². The molecule has 0 radical (unpaired) electrons. The van der Waals surface area contributed by atoms with Crippen molar-refractivity contribution >= 4 is 0 Å². The van der Waals surface area contributed by atoms with Gasteiger partial charge in [-0.2, -0.15) is 0 Å². The molecule has 1 aromatic carbocycles. The molecule has 16 heavy (non-hydrogen) atoms. The van der Waals surface area contributed by atoms with Crippen LogP contribution in [0.2, 0.25) is 0 Å². The van der Waals surface area contributed by atoms with E-state index >= 15 is 0 Å². The van der Waals surface area contributed by atoms with E-state index in [2.05, 4.69) is 48.4 Å². The fourth-order valence-electron chi connectivity index (χ4n) is 1.73. The number of aromatic nitrogens is 4. The van der Waals surface area contributed by atoms with E-state index in [0.29, 0.717) is 5.92 Å². The van der Waals surface area contributed by atoms with Gasteiger partial charge in [-0.15, -0.1) is 5.10 Å². The molecule has 0 amide bonds. The largest absolute Gasteiger partial charge is 0.222 e. The number of nitrogens with zero attached hydrogens (tertiary/aromatic N) is 4. The van der Waals surface area contributed by atoms with Gasteiger partial charge >= 0.3 is 0 Å². The van der Waals surface area contributed by atoms with Crippen molar-refractivity contribution in [1.82, 2.24) is 20.2 Å². The average Bonchev–Trinajstić information content (AvgIpc) is 2.78. The maximum Gasteiger partial charge on any atom is 0.154 e. The molecule has 0 aliphatic carbocycles. The van der Waals surface area contributed by atoms with Gasteiger partial charge < -0.3 is 0 Å². The second-order valence-electron chi connectivity index (χ2n) is 4.22. The van der Waals surface area contributed by atoms with Gasteiger partial charge in [0.25, 0.3) is 0 Å². The van der Waals surface area contributed by atoms with Crippen molar-refractivity contribution in [3.63, 3.8) is 0 Å². The number of hydrogen-bond donors (Lipinski definition) is 0. The third kappa shape index (κ3) is 1.96. The van der Waals surface area contributed by atoms with E-state index in [4.69, 9.17) is 0 Å². The zero-order chi connectivity index (χ0) is 11.5. The fourth-order valence-corrected chi connectivity index (χ4v) is 1.73. The Balaban J connectivity index is 2.34. The van der Waals surface area contributed by atoms with Crippen molar-refractivity contribution in [2.75, 3.05) is 0 Å². The summed E-state index contributed by atoms with van der Waals surface area (Å²) >= 11 is 0. The minimum Gasteiger partial charge on any atom is -0.222 e. The standard InChI is InChI=1S/C12H16N4/c1-9(2)12-13-14-15-16(12)10(3)11-7-5-4-6-8-11/h4-10H,1-3H3/t10-/m1/s1. The number of tetrazole rings is 1. The van der Waals surface area contributed by atoms with E-state index < -0.39 is 0 Å². The van der Waals surface area contributed by atoms with Gasteiger partial charge in [-0.05, 0) is 22.9 Å². The topological polar surface area (TPSA) is 43.6 Å². The number of hydrogen-bond acceptors (Lipinski definition) is 3. The molecule has 0 aliphatic heterocycles. The highest BCUT2D eigenvalue weighted by molar-refractivity contribution is 5.19. The molecule has 0 saturated heterocycles. The van der Waals surface area contributed by atoms with E-state index in [9.17, 15) is 0 Å². The van der Waals surface area contributed by atoms with Crippen molar-refractivity contribution in [2.45, 2.75) is 32.7 Å². The maximum atomic E-state index is 4.07. The molecule has 4 heteroatoms. The highest BCUT2D eigenvalue weighted by Crippen LogP contribution is 2.20. The number of rotatable bonds is 3. The van der Waals surface area contributed by atoms with Gasteiger partial charge in [-0.3, -0.25) is 0 Å². The first kappa shape index (κ1) is 10.8. The molecule has 0 aliphatic rings. The van der Waals surface area contributed by atoms with Crippen LogP contribution < -0.4 is 0 Å². The Morgan fingerprint density at radius 2 is 1.75 bits per heavy atom. The summed E-state index contributed by atoms with van der Waals surface area (Å²) in [7, 11) is 0. The van der Waals surface area contributed by atoms with Crippen molar-refractivity contribution in [1.29, 1.82) is 0 Å². The van der Waals surface area contributed by atoms with Gasteiger partial charge in [-0.25, -0.2) is 4.68 Å². The van der Waals surface area contributed by atoms with Crippen LogP contribution in [0.4, 0.5) is 0 Å². The molecule has 0 saturated carbocycles. The molecule has 1 heterocycles. The molecular formula is C12H16N4. The lowest BCUT2D eigenvalue weighted by molar-refractivity contribution is 0.508. The van der Waals surface area contributed by atoms with Crippen molar-refractivity contribution in [3.8, 4) is 0 Å². The Morgan fingerprint density at radius 3 is 2.38 bits per heavy atom. The molecule has 4 nitrogen and oxygen atoms in total. The highest BCUT2D eigenvalue weighted by atomic mass is 15.5. The molecule has 1 atom stereocenters. The molecule has 0 N–H and O–H groups in total. The molecule has 1 aromatic heterocycles. The molecule has 2 rings (SSSR count). The average molecular weight is 216 g/mol. The quantitative estimate of drug-likeness (QED) is 0.791. The summed E-state index contributed by atoms with van der Waals surface area (Å²) in [5, 5.41) is 11.9. The molecule has 0 spiro atoms. The summed E-state index contributed by atoms with van der Waals surface area (Å²) in [5.74, 6) is 1.26. The van der Waals surface area contributed by atoms with E-state index in [-0.39, 0.29) is 6.04 Å². The molecular weight excluding hydrogens is 200 g/mol. The maximum absolute atomic E-state index is 4.07. The Hall–Kier alpha value is -1.71. The van der Waals surface area contributed by atoms with Crippen LogP contribution in [0.1, 0.15) is 44.1 Å². The molecule has 84 valence electrons. The van der Waals surface area contributed by atoms with Crippen LogP contribution in [0.5, 0.6) is 0 Å². The minimum atomic E-state index is 0.175. The Kier molecular flexibility index (Phi) is 2.99. The van der Waals surface area contributed by atoms with E-state index in [1.165, 1.54) is 5.56 Å². The monoisotopic (exact) mass is 216 g/mol.